The zero-order chi connectivity index (χ0) is 14.7. The van der Waals surface area contributed by atoms with E-state index in [4.69, 9.17) is 4.74 Å². The molecule has 0 atom stereocenters. The summed E-state index contributed by atoms with van der Waals surface area (Å²) in [4.78, 5) is 14.8. The van der Waals surface area contributed by atoms with Gasteiger partial charge in [0.05, 0.1) is 6.61 Å². The average Bonchev–Trinajstić information content (AvgIpc) is 2.92. The third kappa shape index (κ3) is 2.89. The summed E-state index contributed by atoms with van der Waals surface area (Å²) >= 11 is 0. The predicted molar refractivity (Wildman–Crippen MR) is 84.0 cm³/mol. The molecule has 0 saturated carbocycles. The fraction of sp³-hybridized carbons (Fsp3) is 0.118. The first-order chi connectivity index (χ1) is 10.3. The zero-order valence-electron chi connectivity index (χ0n) is 11.7. The molecule has 3 aromatic rings. The largest absolute Gasteiger partial charge is 0.461 e. The van der Waals surface area contributed by atoms with E-state index >= 15 is 0 Å². The van der Waals surface area contributed by atoms with Gasteiger partial charge in [-0.2, -0.15) is 0 Å². The van der Waals surface area contributed by atoms with Gasteiger partial charge in [-0.3, -0.25) is 0 Å². The van der Waals surface area contributed by atoms with Crippen molar-refractivity contribution in [2.75, 3.05) is 11.9 Å². The Morgan fingerprint density at radius 2 is 1.90 bits per heavy atom. The summed E-state index contributed by atoms with van der Waals surface area (Å²) in [5.41, 5.74) is 3.39. The summed E-state index contributed by atoms with van der Waals surface area (Å²) in [7, 11) is 0. The summed E-state index contributed by atoms with van der Waals surface area (Å²) in [5.74, 6) is -0.328. The van der Waals surface area contributed by atoms with Crippen LogP contribution in [0.15, 0.2) is 54.6 Å². The quantitative estimate of drug-likeness (QED) is 0.708. The Labute approximate surface area is 122 Å². The zero-order valence-corrected chi connectivity index (χ0v) is 11.7. The van der Waals surface area contributed by atoms with Gasteiger partial charge in [-0.15, -0.1) is 0 Å². The highest BCUT2D eigenvalue weighted by Gasteiger charge is 2.10. The van der Waals surface area contributed by atoms with E-state index in [-0.39, 0.29) is 5.97 Å². The van der Waals surface area contributed by atoms with Crippen LogP contribution in [0, 0.1) is 0 Å². The van der Waals surface area contributed by atoms with Crippen LogP contribution in [0.2, 0.25) is 0 Å². The van der Waals surface area contributed by atoms with Gasteiger partial charge in [0.1, 0.15) is 5.69 Å². The number of carbonyl (C=O) groups excluding carboxylic acids is 1. The SMILES string of the molecule is CCOC(=O)c1cc2cc(Nc3ccccc3)ccc2[nH]1. The summed E-state index contributed by atoms with van der Waals surface area (Å²) in [5, 5.41) is 4.30. The van der Waals surface area contributed by atoms with Gasteiger partial charge < -0.3 is 15.0 Å². The highest BCUT2D eigenvalue weighted by atomic mass is 16.5. The maximum Gasteiger partial charge on any atom is 0.354 e. The number of para-hydroxylation sites is 1. The number of benzene rings is 2. The Balaban J connectivity index is 1.88. The molecule has 0 spiro atoms. The molecule has 0 radical (unpaired) electrons. The lowest BCUT2D eigenvalue weighted by Crippen LogP contribution is -2.04. The topological polar surface area (TPSA) is 54.1 Å². The highest BCUT2D eigenvalue weighted by Crippen LogP contribution is 2.23. The van der Waals surface area contributed by atoms with Crippen molar-refractivity contribution < 1.29 is 9.53 Å². The molecule has 3 rings (SSSR count). The van der Waals surface area contributed by atoms with Crippen molar-refractivity contribution in [3.8, 4) is 0 Å². The van der Waals surface area contributed by atoms with Crippen LogP contribution in [-0.4, -0.2) is 17.6 Å². The Morgan fingerprint density at radius 3 is 2.67 bits per heavy atom. The number of aromatic amines is 1. The van der Waals surface area contributed by atoms with E-state index in [0.29, 0.717) is 12.3 Å². The van der Waals surface area contributed by atoms with Crippen molar-refractivity contribution in [3.63, 3.8) is 0 Å². The first kappa shape index (κ1) is 13.2. The van der Waals surface area contributed by atoms with Crippen molar-refractivity contribution in [2.45, 2.75) is 6.92 Å². The monoisotopic (exact) mass is 280 g/mol. The van der Waals surface area contributed by atoms with Crippen LogP contribution in [0.3, 0.4) is 0 Å². The van der Waals surface area contributed by atoms with E-state index in [0.717, 1.165) is 22.3 Å². The third-order valence-corrected chi connectivity index (χ3v) is 3.18. The van der Waals surface area contributed by atoms with Crippen molar-refractivity contribution in [1.82, 2.24) is 4.98 Å². The van der Waals surface area contributed by atoms with Gasteiger partial charge in [-0.25, -0.2) is 4.79 Å². The summed E-state index contributed by atoms with van der Waals surface area (Å²) < 4.78 is 5.00. The molecular formula is C17H16N2O2. The fourth-order valence-corrected chi connectivity index (χ4v) is 2.22. The predicted octanol–water partition coefficient (Wildman–Crippen LogP) is 4.09. The number of H-pyrrole nitrogens is 1. The molecule has 0 aliphatic heterocycles. The van der Waals surface area contributed by atoms with Gasteiger partial charge >= 0.3 is 5.97 Å². The van der Waals surface area contributed by atoms with Gasteiger partial charge in [0.25, 0.3) is 0 Å². The molecule has 0 saturated heterocycles. The molecule has 0 amide bonds. The molecule has 1 heterocycles. The minimum Gasteiger partial charge on any atom is -0.461 e. The Bertz CT molecular complexity index is 763. The smallest absolute Gasteiger partial charge is 0.354 e. The molecule has 4 heteroatoms. The van der Waals surface area contributed by atoms with E-state index in [1.807, 2.05) is 54.6 Å². The summed E-state index contributed by atoms with van der Waals surface area (Å²) in [6.45, 7) is 2.16. The molecule has 0 bridgehead atoms. The van der Waals surface area contributed by atoms with Crippen LogP contribution in [0.5, 0.6) is 0 Å². The number of esters is 1. The Kier molecular flexibility index (Phi) is 3.60. The average molecular weight is 280 g/mol. The third-order valence-electron chi connectivity index (χ3n) is 3.18. The van der Waals surface area contributed by atoms with Gasteiger partial charge in [-0.05, 0) is 43.3 Å². The number of nitrogens with one attached hydrogen (secondary N) is 2. The van der Waals surface area contributed by atoms with Crippen molar-refractivity contribution in [3.05, 3.63) is 60.3 Å². The molecule has 21 heavy (non-hydrogen) atoms. The number of rotatable bonds is 4. The number of ether oxygens (including phenoxy) is 1. The minimum atomic E-state index is -0.328. The van der Waals surface area contributed by atoms with Crippen molar-refractivity contribution in [1.29, 1.82) is 0 Å². The molecule has 106 valence electrons. The summed E-state index contributed by atoms with van der Waals surface area (Å²) in [6, 6.07) is 17.7. The second-order valence-electron chi connectivity index (χ2n) is 4.70. The van der Waals surface area contributed by atoms with Crippen molar-refractivity contribution in [2.24, 2.45) is 0 Å². The van der Waals surface area contributed by atoms with Crippen LogP contribution >= 0.6 is 0 Å². The van der Waals surface area contributed by atoms with E-state index in [2.05, 4.69) is 10.3 Å². The lowest BCUT2D eigenvalue weighted by molar-refractivity contribution is 0.0520. The minimum absolute atomic E-state index is 0.328. The lowest BCUT2D eigenvalue weighted by atomic mass is 10.2. The number of hydrogen-bond acceptors (Lipinski definition) is 3. The number of hydrogen-bond donors (Lipinski definition) is 2. The number of carbonyl (C=O) groups is 1. The van der Waals surface area contributed by atoms with Gasteiger partial charge in [-0.1, -0.05) is 18.2 Å². The molecule has 0 aliphatic rings. The first-order valence-electron chi connectivity index (χ1n) is 6.88. The van der Waals surface area contributed by atoms with E-state index in [1.165, 1.54) is 0 Å². The molecule has 4 nitrogen and oxygen atoms in total. The summed E-state index contributed by atoms with van der Waals surface area (Å²) in [6.07, 6.45) is 0. The van der Waals surface area contributed by atoms with Gasteiger partial charge in [0.2, 0.25) is 0 Å². The van der Waals surface area contributed by atoms with Crippen LogP contribution in [-0.2, 0) is 4.74 Å². The molecule has 1 aromatic heterocycles. The Morgan fingerprint density at radius 1 is 1.10 bits per heavy atom. The normalized spacial score (nSPS) is 10.5. The second-order valence-corrected chi connectivity index (χ2v) is 4.70. The van der Waals surface area contributed by atoms with E-state index < -0.39 is 0 Å². The lowest BCUT2D eigenvalue weighted by Gasteiger charge is -2.05. The van der Waals surface area contributed by atoms with Crippen molar-refractivity contribution >= 4 is 28.2 Å². The molecule has 2 aromatic carbocycles. The van der Waals surface area contributed by atoms with Crippen LogP contribution in [0.25, 0.3) is 10.9 Å². The fourth-order valence-electron chi connectivity index (χ4n) is 2.22. The van der Waals surface area contributed by atoms with Gasteiger partial charge in [0, 0.05) is 22.3 Å². The molecular weight excluding hydrogens is 264 g/mol. The highest BCUT2D eigenvalue weighted by molar-refractivity contribution is 5.95. The molecule has 0 unspecified atom stereocenters. The molecule has 0 fully saturated rings. The number of aromatic nitrogens is 1. The maximum atomic E-state index is 11.7. The molecule has 0 aliphatic carbocycles. The van der Waals surface area contributed by atoms with Gasteiger partial charge in [0.15, 0.2) is 0 Å². The Hall–Kier alpha value is -2.75. The number of fused-ring (bicyclic) bond motifs is 1. The van der Waals surface area contributed by atoms with Crippen LogP contribution in [0.4, 0.5) is 11.4 Å². The number of anilines is 2. The second kappa shape index (κ2) is 5.71. The van der Waals surface area contributed by atoms with Crippen LogP contribution < -0.4 is 5.32 Å². The maximum absolute atomic E-state index is 11.7. The standard InChI is InChI=1S/C17H16N2O2/c1-2-21-17(20)16-11-12-10-14(8-9-15(12)19-16)18-13-6-4-3-5-7-13/h3-11,18-19H,2H2,1H3. The van der Waals surface area contributed by atoms with Crippen LogP contribution in [0.1, 0.15) is 17.4 Å². The van der Waals surface area contributed by atoms with E-state index in [1.54, 1.807) is 6.92 Å². The molecule has 2 N–H and O–H groups in total. The first-order valence-corrected chi connectivity index (χ1v) is 6.88. The van der Waals surface area contributed by atoms with E-state index in [9.17, 15) is 4.79 Å².